The first-order valence-corrected chi connectivity index (χ1v) is 4.26. The third kappa shape index (κ3) is 1.31. The van der Waals surface area contributed by atoms with Gasteiger partial charge in [0.1, 0.15) is 6.17 Å². The van der Waals surface area contributed by atoms with Crippen molar-refractivity contribution in [2.75, 3.05) is 0 Å². The molecule has 1 N–H and O–H groups in total. The van der Waals surface area contributed by atoms with Crippen molar-refractivity contribution in [2.45, 2.75) is 50.4 Å². The van der Waals surface area contributed by atoms with Crippen LogP contribution in [0.5, 0.6) is 0 Å². The Bertz CT molecular complexity index is 122. The summed E-state index contributed by atoms with van der Waals surface area (Å²) in [4.78, 5) is 0. The van der Waals surface area contributed by atoms with Crippen LogP contribution in [-0.4, -0.2) is 18.3 Å². The van der Waals surface area contributed by atoms with Crippen LogP contribution in [-0.2, 0) is 0 Å². The van der Waals surface area contributed by atoms with Crippen molar-refractivity contribution >= 4 is 0 Å². The van der Waals surface area contributed by atoms with Gasteiger partial charge < -0.3 is 5.32 Å². The van der Waals surface area contributed by atoms with Gasteiger partial charge in [-0.25, -0.2) is 4.39 Å². The van der Waals surface area contributed by atoms with E-state index in [-0.39, 0.29) is 6.04 Å². The molecule has 0 heterocycles. The highest BCUT2D eigenvalue weighted by Crippen LogP contribution is 2.27. The summed E-state index contributed by atoms with van der Waals surface area (Å²) < 4.78 is 12.9. The zero-order valence-corrected chi connectivity index (χ0v) is 6.15. The molecule has 2 atom stereocenters. The van der Waals surface area contributed by atoms with Crippen molar-refractivity contribution in [3.05, 3.63) is 0 Å². The molecule has 10 heavy (non-hydrogen) atoms. The van der Waals surface area contributed by atoms with Gasteiger partial charge in [-0.1, -0.05) is 0 Å². The molecule has 0 aromatic heterocycles. The summed E-state index contributed by atoms with van der Waals surface area (Å²) in [7, 11) is 0. The molecule has 0 aromatic carbocycles. The second-order valence-corrected chi connectivity index (χ2v) is 3.49. The zero-order valence-electron chi connectivity index (χ0n) is 6.15. The van der Waals surface area contributed by atoms with E-state index in [2.05, 4.69) is 5.32 Å². The quantitative estimate of drug-likeness (QED) is 0.619. The zero-order chi connectivity index (χ0) is 6.97. The number of rotatable bonds is 2. The van der Waals surface area contributed by atoms with Crippen LogP contribution >= 0.6 is 0 Å². The lowest BCUT2D eigenvalue weighted by atomic mass is 10.2. The molecule has 0 aliphatic heterocycles. The lowest BCUT2D eigenvalue weighted by Crippen LogP contribution is -2.34. The Hall–Kier alpha value is -0.110. The van der Waals surface area contributed by atoms with Crippen LogP contribution in [0.2, 0.25) is 0 Å². The summed E-state index contributed by atoms with van der Waals surface area (Å²) in [5.74, 6) is 0. The van der Waals surface area contributed by atoms with Crippen LogP contribution in [0.25, 0.3) is 0 Å². The second kappa shape index (κ2) is 2.50. The topological polar surface area (TPSA) is 12.0 Å². The number of alkyl halides is 1. The molecule has 0 amide bonds. The minimum atomic E-state index is -0.555. The van der Waals surface area contributed by atoms with E-state index < -0.39 is 6.17 Å². The van der Waals surface area contributed by atoms with Gasteiger partial charge in [-0.3, -0.25) is 0 Å². The van der Waals surface area contributed by atoms with Crippen LogP contribution in [0.1, 0.15) is 32.1 Å². The van der Waals surface area contributed by atoms with E-state index in [1.165, 1.54) is 12.8 Å². The van der Waals surface area contributed by atoms with Gasteiger partial charge in [0.15, 0.2) is 0 Å². The maximum atomic E-state index is 12.9. The first-order valence-electron chi connectivity index (χ1n) is 4.26. The molecule has 2 heteroatoms. The molecule has 58 valence electrons. The molecule has 2 fully saturated rings. The number of hydrogen-bond acceptors (Lipinski definition) is 1. The lowest BCUT2D eigenvalue weighted by molar-refractivity contribution is 0.279. The Morgan fingerprint density at radius 1 is 1.10 bits per heavy atom. The van der Waals surface area contributed by atoms with Gasteiger partial charge in [0.2, 0.25) is 0 Å². The highest BCUT2D eigenvalue weighted by molar-refractivity contribution is 4.90. The largest absolute Gasteiger partial charge is 0.308 e. The molecule has 0 radical (unpaired) electrons. The minimum absolute atomic E-state index is 0.201. The average Bonchev–Trinajstić information content (AvgIpc) is 2.62. The fraction of sp³-hybridized carbons (Fsp3) is 1.00. The van der Waals surface area contributed by atoms with Crippen LogP contribution < -0.4 is 5.32 Å². The summed E-state index contributed by atoms with van der Waals surface area (Å²) in [5, 5.41) is 3.33. The lowest BCUT2D eigenvalue weighted by Gasteiger charge is -2.13. The third-order valence-electron chi connectivity index (χ3n) is 2.46. The fourth-order valence-corrected chi connectivity index (χ4v) is 1.66. The molecule has 2 rings (SSSR count). The molecular weight excluding hydrogens is 129 g/mol. The maximum absolute atomic E-state index is 12.9. The molecule has 0 spiro atoms. The van der Waals surface area contributed by atoms with Crippen molar-refractivity contribution in [1.29, 1.82) is 0 Å². The van der Waals surface area contributed by atoms with Crippen molar-refractivity contribution in [1.82, 2.24) is 5.32 Å². The van der Waals surface area contributed by atoms with Crippen LogP contribution in [0.15, 0.2) is 0 Å². The summed E-state index contributed by atoms with van der Waals surface area (Å²) in [6, 6.07) is 0.869. The smallest absolute Gasteiger partial charge is 0.115 e. The third-order valence-corrected chi connectivity index (χ3v) is 2.46. The van der Waals surface area contributed by atoms with Gasteiger partial charge in [0.05, 0.1) is 0 Å². The Balaban J connectivity index is 1.79. The predicted molar refractivity (Wildman–Crippen MR) is 38.7 cm³/mol. The Morgan fingerprint density at radius 2 is 1.90 bits per heavy atom. The van der Waals surface area contributed by atoms with Crippen molar-refractivity contribution < 1.29 is 4.39 Å². The molecule has 0 aromatic rings. The SMILES string of the molecule is F[C@@H]1CCCC1NC1CC1. The minimum Gasteiger partial charge on any atom is -0.308 e. The van der Waals surface area contributed by atoms with Gasteiger partial charge >= 0.3 is 0 Å². The van der Waals surface area contributed by atoms with Gasteiger partial charge in [0.25, 0.3) is 0 Å². The average molecular weight is 143 g/mol. The van der Waals surface area contributed by atoms with E-state index in [1.54, 1.807) is 0 Å². The van der Waals surface area contributed by atoms with E-state index in [0.717, 1.165) is 19.3 Å². The number of hydrogen-bond donors (Lipinski definition) is 1. The predicted octanol–water partition coefficient (Wildman–Crippen LogP) is 1.63. The Kier molecular flexibility index (Phi) is 1.65. The second-order valence-electron chi connectivity index (χ2n) is 3.49. The van der Waals surface area contributed by atoms with E-state index in [9.17, 15) is 4.39 Å². The summed E-state index contributed by atoms with van der Waals surface area (Å²) in [6.07, 6.45) is 4.89. The molecule has 1 unspecified atom stereocenters. The molecule has 2 aliphatic rings. The molecule has 0 bridgehead atoms. The molecular formula is C8H14FN. The first kappa shape index (κ1) is 6.59. The first-order chi connectivity index (χ1) is 4.86. The van der Waals surface area contributed by atoms with Gasteiger partial charge in [-0.05, 0) is 32.1 Å². The molecule has 0 saturated heterocycles. The normalized spacial score (nSPS) is 40.5. The van der Waals surface area contributed by atoms with E-state index in [4.69, 9.17) is 0 Å². The van der Waals surface area contributed by atoms with Crippen molar-refractivity contribution in [2.24, 2.45) is 0 Å². The Morgan fingerprint density at radius 3 is 2.40 bits per heavy atom. The maximum Gasteiger partial charge on any atom is 0.115 e. The van der Waals surface area contributed by atoms with Crippen molar-refractivity contribution in [3.63, 3.8) is 0 Å². The highest BCUT2D eigenvalue weighted by Gasteiger charge is 2.32. The van der Waals surface area contributed by atoms with Crippen LogP contribution in [0.4, 0.5) is 4.39 Å². The fourth-order valence-electron chi connectivity index (χ4n) is 1.66. The monoisotopic (exact) mass is 143 g/mol. The van der Waals surface area contributed by atoms with Crippen LogP contribution in [0.3, 0.4) is 0 Å². The van der Waals surface area contributed by atoms with E-state index in [0.29, 0.717) is 6.04 Å². The van der Waals surface area contributed by atoms with Crippen molar-refractivity contribution in [3.8, 4) is 0 Å². The molecule has 1 nitrogen and oxygen atoms in total. The summed E-state index contributed by atoms with van der Waals surface area (Å²) >= 11 is 0. The number of nitrogens with one attached hydrogen (secondary N) is 1. The van der Waals surface area contributed by atoms with Crippen LogP contribution in [0, 0.1) is 0 Å². The molecule has 2 saturated carbocycles. The Labute approximate surface area is 61.0 Å². The van der Waals surface area contributed by atoms with Gasteiger partial charge in [-0.2, -0.15) is 0 Å². The number of halogens is 1. The van der Waals surface area contributed by atoms with E-state index >= 15 is 0 Å². The van der Waals surface area contributed by atoms with E-state index in [1.807, 2.05) is 0 Å². The highest BCUT2D eigenvalue weighted by atomic mass is 19.1. The summed E-state index contributed by atoms with van der Waals surface area (Å²) in [5.41, 5.74) is 0. The summed E-state index contributed by atoms with van der Waals surface area (Å²) in [6.45, 7) is 0. The van der Waals surface area contributed by atoms with Gasteiger partial charge in [0, 0.05) is 12.1 Å². The standard InChI is InChI=1S/C8H14FN/c9-7-2-1-3-8(7)10-6-4-5-6/h6-8,10H,1-5H2/t7-,8?/m1/s1. The van der Waals surface area contributed by atoms with Gasteiger partial charge in [-0.15, -0.1) is 0 Å². The molecule has 2 aliphatic carbocycles.